The smallest absolute Gasteiger partial charge is 0.254 e. The Morgan fingerprint density at radius 3 is 1.40 bits per heavy atom. The predicted octanol–water partition coefficient (Wildman–Crippen LogP) is 3.78. The van der Waals surface area contributed by atoms with E-state index in [4.69, 9.17) is 9.47 Å². The van der Waals surface area contributed by atoms with Gasteiger partial charge >= 0.3 is 0 Å². The highest BCUT2D eigenvalue weighted by molar-refractivity contribution is 5.99. The molecule has 6 atom stereocenters. The summed E-state index contributed by atoms with van der Waals surface area (Å²) in [6.07, 6.45) is -0.953. The van der Waals surface area contributed by atoms with Crippen molar-refractivity contribution in [2.24, 2.45) is 0 Å². The molecule has 22 heteroatoms. The van der Waals surface area contributed by atoms with Crippen molar-refractivity contribution in [3.63, 3.8) is 0 Å². The van der Waals surface area contributed by atoms with Gasteiger partial charge < -0.3 is 50.5 Å². The molecule has 0 aliphatic carbocycles. The van der Waals surface area contributed by atoms with E-state index in [0.717, 1.165) is 11.1 Å². The molecule has 8 heterocycles. The SMILES string of the molecule is C[C@@H]1CN(CC(=O)N2CC(C)(C)c3[nH]c(=O)c(Cc4ccc(F)cc4)cc32)[C@@H](CN2CCO[C@H](C(=O)Nc3cccc(NC(=O)[C@@H]4CN(C[C@H]5CN[C@H](C)CN5CC(=O)N5CC(C)(C)c6[nH]c(=O)c(Cc7ccc(F)cc7)cc65)CCO4)c3)C2)CN1. The standard InChI is InChI=1S/C64H80F2N12O8/c1-39-29-75(35-55(79)77-37-63(3,4)57-51(77)24-43(59(81)71-57)22-41-10-14-45(65)15-11-41)49(27-67-39)31-73-18-20-85-53(33-73)61(83)69-47-8-7-9-48(26-47)70-62(84)54-34-74(19-21-86-54)32-50-28-68-40(2)30-76(50)36-56(80)78-38-64(5,6)58-52(78)25-44(60(82)72-58)23-42-12-16-46(66)17-13-42/h7-17,24-26,39-40,49-50,53-54,67-68H,18-23,27-38H2,1-6H3,(H,69,83)(H,70,84)(H,71,81)(H,72,82)/t39-,40-,49-,50-,53+,54+/m1/s1. The average molecular weight is 1180 g/mol. The molecule has 6 aliphatic rings. The second-order valence-corrected chi connectivity index (χ2v) is 25.7. The molecule has 86 heavy (non-hydrogen) atoms. The highest BCUT2D eigenvalue weighted by Crippen LogP contribution is 2.41. The molecule has 5 aromatic rings. The molecule has 6 aliphatic heterocycles. The number of H-pyrrole nitrogens is 2. The molecule has 0 bridgehead atoms. The lowest BCUT2D eigenvalue weighted by Crippen LogP contribution is -2.62. The van der Waals surface area contributed by atoms with Gasteiger partial charge in [-0.25, -0.2) is 8.78 Å². The number of carbonyl (C=O) groups is 4. The molecule has 6 N–H and O–H groups in total. The zero-order valence-corrected chi connectivity index (χ0v) is 50.0. The van der Waals surface area contributed by atoms with E-state index < -0.39 is 23.0 Å². The first-order valence-corrected chi connectivity index (χ1v) is 30.1. The molecule has 458 valence electrons. The molecule has 4 amide bonds. The molecule has 0 radical (unpaired) electrons. The lowest BCUT2D eigenvalue weighted by molar-refractivity contribution is -0.134. The summed E-state index contributed by atoms with van der Waals surface area (Å²) in [5, 5.41) is 13.2. The van der Waals surface area contributed by atoms with Crippen molar-refractivity contribution in [1.82, 2.24) is 40.2 Å². The van der Waals surface area contributed by atoms with Crippen LogP contribution in [0.4, 0.5) is 31.5 Å². The van der Waals surface area contributed by atoms with Gasteiger partial charge in [-0.05, 0) is 79.6 Å². The summed E-state index contributed by atoms with van der Waals surface area (Å²) >= 11 is 0. The second kappa shape index (κ2) is 25.4. The lowest BCUT2D eigenvalue weighted by atomic mass is 9.91. The fourth-order valence-corrected chi connectivity index (χ4v) is 13.1. The Kier molecular flexibility index (Phi) is 17.9. The Bertz CT molecular complexity index is 3230. The number of nitrogens with zero attached hydrogens (tertiary/aromatic N) is 6. The van der Waals surface area contributed by atoms with Gasteiger partial charge in [0.1, 0.15) is 23.8 Å². The minimum atomic E-state index is -0.774. The van der Waals surface area contributed by atoms with E-state index in [1.54, 1.807) is 58.3 Å². The highest BCUT2D eigenvalue weighted by Gasteiger charge is 2.43. The number of amides is 4. The van der Waals surface area contributed by atoms with Gasteiger partial charge in [-0.1, -0.05) is 58.0 Å². The predicted molar refractivity (Wildman–Crippen MR) is 325 cm³/mol. The number of aromatic amines is 2. The maximum absolute atomic E-state index is 14.4. The molecule has 0 unspecified atom stereocenters. The Hall–Kier alpha value is -7.02. The van der Waals surface area contributed by atoms with Crippen LogP contribution >= 0.6 is 0 Å². The minimum Gasteiger partial charge on any atom is -0.366 e. The number of morpholine rings is 2. The number of pyridine rings is 2. The number of halogens is 2. The summed E-state index contributed by atoms with van der Waals surface area (Å²) in [6.45, 7) is 19.7. The third kappa shape index (κ3) is 13.9. The van der Waals surface area contributed by atoms with Gasteiger partial charge in [-0.2, -0.15) is 0 Å². The molecule has 2 aromatic heterocycles. The lowest BCUT2D eigenvalue weighted by Gasteiger charge is -2.43. The number of ether oxygens (including phenoxy) is 2. The number of hydrogen-bond donors (Lipinski definition) is 6. The maximum Gasteiger partial charge on any atom is 0.254 e. The molecular formula is C64H80F2N12O8. The monoisotopic (exact) mass is 1180 g/mol. The highest BCUT2D eigenvalue weighted by atomic mass is 19.1. The third-order valence-electron chi connectivity index (χ3n) is 17.8. The van der Waals surface area contributed by atoms with Crippen molar-refractivity contribution >= 4 is 46.4 Å². The summed E-state index contributed by atoms with van der Waals surface area (Å²) < 4.78 is 39.4. The Balaban J connectivity index is 0.670. The normalized spacial score (nSPS) is 24.3. The summed E-state index contributed by atoms with van der Waals surface area (Å²) in [7, 11) is 0. The molecule has 4 saturated heterocycles. The van der Waals surface area contributed by atoms with Crippen molar-refractivity contribution in [3.05, 3.63) is 151 Å². The number of carbonyl (C=O) groups excluding carboxylic acids is 4. The fraction of sp³-hybridized carbons (Fsp3) is 0.500. The van der Waals surface area contributed by atoms with Crippen molar-refractivity contribution in [2.45, 2.75) is 102 Å². The van der Waals surface area contributed by atoms with Crippen LogP contribution in [0.15, 0.2) is 94.5 Å². The summed E-state index contributed by atoms with van der Waals surface area (Å²) in [5.41, 5.74) is 4.93. The number of rotatable bonds is 16. The van der Waals surface area contributed by atoms with Gasteiger partial charge in [-0.3, -0.25) is 48.4 Å². The van der Waals surface area contributed by atoms with E-state index in [2.05, 4.69) is 64.7 Å². The summed E-state index contributed by atoms with van der Waals surface area (Å²) in [6, 6.07) is 22.9. The van der Waals surface area contributed by atoms with Gasteiger partial charge in [0.2, 0.25) is 11.8 Å². The van der Waals surface area contributed by atoms with Gasteiger partial charge in [0.05, 0.1) is 37.7 Å². The molecular weight excluding hydrogens is 1100 g/mol. The number of fused-ring (bicyclic) bond motifs is 2. The maximum atomic E-state index is 14.4. The van der Waals surface area contributed by atoms with E-state index in [1.807, 2.05) is 39.8 Å². The van der Waals surface area contributed by atoms with Crippen LogP contribution in [0, 0.1) is 11.6 Å². The van der Waals surface area contributed by atoms with E-state index in [9.17, 15) is 37.5 Å². The zero-order chi connectivity index (χ0) is 60.6. The van der Waals surface area contributed by atoms with E-state index >= 15 is 0 Å². The van der Waals surface area contributed by atoms with Crippen molar-refractivity contribution in [1.29, 1.82) is 0 Å². The number of piperazine rings is 2. The van der Waals surface area contributed by atoms with Crippen LogP contribution in [0.1, 0.15) is 75.2 Å². The van der Waals surface area contributed by atoms with Crippen LogP contribution in [0.2, 0.25) is 0 Å². The van der Waals surface area contributed by atoms with E-state index in [0.29, 0.717) is 150 Å². The van der Waals surface area contributed by atoms with Crippen LogP contribution in [0.3, 0.4) is 0 Å². The van der Waals surface area contributed by atoms with Crippen LogP contribution < -0.4 is 42.2 Å². The fourth-order valence-electron chi connectivity index (χ4n) is 13.1. The van der Waals surface area contributed by atoms with Crippen molar-refractivity contribution in [3.8, 4) is 0 Å². The number of hydrogen-bond acceptors (Lipinski definition) is 14. The van der Waals surface area contributed by atoms with Crippen LogP contribution in [0.25, 0.3) is 0 Å². The first-order chi connectivity index (χ1) is 41.1. The minimum absolute atomic E-state index is 0.0456. The Labute approximate surface area is 499 Å². The topological polar surface area (TPSA) is 220 Å². The molecule has 20 nitrogen and oxygen atoms in total. The van der Waals surface area contributed by atoms with Crippen molar-refractivity contribution in [2.75, 3.05) is 125 Å². The molecule has 0 spiro atoms. The van der Waals surface area contributed by atoms with E-state index in [-0.39, 0.29) is 83.6 Å². The quantitative estimate of drug-likeness (QED) is 0.0829. The van der Waals surface area contributed by atoms with Crippen molar-refractivity contribution < 1.29 is 37.4 Å². The van der Waals surface area contributed by atoms with Gasteiger partial charge in [-0.15, -0.1) is 0 Å². The van der Waals surface area contributed by atoms with E-state index in [1.165, 1.54) is 24.3 Å². The Morgan fingerprint density at radius 1 is 0.581 bits per heavy atom. The number of nitrogens with one attached hydrogen (secondary N) is 6. The van der Waals surface area contributed by atoms with Gasteiger partial charge in [0.25, 0.3) is 22.9 Å². The number of benzene rings is 3. The largest absolute Gasteiger partial charge is 0.366 e. The van der Waals surface area contributed by atoms with Crippen LogP contribution in [0.5, 0.6) is 0 Å². The molecule has 11 rings (SSSR count). The van der Waals surface area contributed by atoms with Crippen LogP contribution in [-0.4, -0.2) is 194 Å². The molecule has 4 fully saturated rings. The molecule has 0 saturated carbocycles. The van der Waals surface area contributed by atoms with Crippen LogP contribution in [-0.2, 0) is 52.3 Å². The third-order valence-corrected chi connectivity index (χ3v) is 17.8. The average Bonchev–Trinajstić information content (AvgIpc) is 1.88. The van der Waals surface area contributed by atoms with Gasteiger partial charge in [0.15, 0.2) is 0 Å². The first-order valence-electron chi connectivity index (χ1n) is 30.1. The summed E-state index contributed by atoms with van der Waals surface area (Å²) in [5.74, 6) is -1.49. The van der Waals surface area contributed by atoms with Gasteiger partial charge in [0, 0.05) is 160 Å². The number of aromatic nitrogens is 2. The number of anilines is 4. The molecule has 3 aromatic carbocycles. The summed E-state index contributed by atoms with van der Waals surface area (Å²) in [4.78, 5) is 102. The second-order valence-electron chi connectivity index (χ2n) is 25.7. The zero-order valence-electron chi connectivity index (χ0n) is 50.0. The Morgan fingerprint density at radius 2 is 0.988 bits per heavy atom. The first kappa shape index (κ1) is 60.7.